The number of aryl methyl sites for hydroxylation is 3. The van der Waals surface area contributed by atoms with E-state index in [1.165, 1.54) is 0 Å². The maximum absolute atomic E-state index is 10.4. The first-order valence-corrected chi connectivity index (χ1v) is 6.05. The Kier molecular flexibility index (Phi) is 3.89. The predicted molar refractivity (Wildman–Crippen MR) is 67.6 cm³/mol. The van der Waals surface area contributed by atoms with Crippen molar-refractivity contribution in [2.24, 2.45) is 0 Å². The highest BCUT2D eigenvalue weighted by Crippen LogP contribution is 2.21. The SMILES string of the molecule is Cc1ccc(-c2nnc(CCCC(=O)O)o2)c(C)n1. The minimum absolute atomic E-state index is 0.100. The first kappa shape index (κ1) is 13.2. The van der Waals surface area contributed by atoms with Crippen LogP contribution in [-0.4, -0.2) is 26.3 Å². The van der Waals surface area contributed by atoms with Crippen LogP contribution in [0, 0.1) is 13.8 Å². The van der Waals surface area contributed by atoms with E-state index in [0.29, 0.717) is 24.6 Å². The molecule has 0 saturated heterocycles. The Morgan fingerprint density at radius 2 is 2.11 bits per heavy atom. The van der Waals surface area contributed by atoms with Gasteiger partial charge in [-0.2, -0.15) is 0 Å². The molecule has 0 aliphatic heterocycles. The number of rotatable bonds is 5. The van der Waals surface area contributed by atoms with Gasteiger partial charge in [0.2, 0.25) is 11.8 Å². The number of carbonyl (C=O) groups is 1. The number of hydrogen-bond donors (Lipinski definition) is 1. The highest BCUT2D eigenvalue weighted by molar-refractivity contribution is 5.66. The zero-order chi connectivity index (χ0) is 13.8. The molecular formula is C13H15N3O3. The predicted octanol–water partition coefficient (Wildman–Crippen LogP) is 2.16. The molecular weight excluding hydrogens is 246 g/mol. The molecule has 6 heteroatoms. The summed E-state index contributed by atoms with van der Waals surface area (Å²) in [4.78, 5) is 14.8. The van der Waals surface area contributed by atoms with Crippen LogP contribution in [0.3, 0.4) is 0 Å². The fraction of sp³-hybridized carbons (Fsp3) is 0.385. The standard InChI is InChI=1S/C13H15N3O3/c1-8-6-7-10(9(2)14-8)13-16-15-11(19-13)4-3-5-12(17)18/h6-7H,3-5H2,1-2H3,(H,17,18). The van der Waals surface area contributed by atoms with Gasteiger partial charge in [0.1, 0.15) is 0 Å². The summed E-state index contributed by atoms with van der Waals surface area (Å²) < 4.78 is 5.52. The van der Waals surface area contributed by atoms with Crippen molar-refractivity contribution in [1.82, 2.24) is 15.2 Å². The average Bonchev–Trinajstić information content (AvgIpc) is 2.77. The van der Waals surface area contributed by atoms with Crippen LogP contribution in [0.5, 0.6) is 0 Å². The molecule has 0 atom stereocenters. The van der Waals surface area contributed by atoms with Crippen LogP contribution in [0.1, 0.15) is 30.1 Å². The third kappa shape index (κ3) is 3.37. The summed E-state index contributed by atoms with van der Waals surface area (Å²) in [5.41, 5.74) is 2.57. The number of hydrogen-bond acceptors (Lipinski definition) is 5. The van der Waals surface area contributed by atoms with Gasteiger partial charge in [0.05, 0.1) is 11.3 Å². The number of carboxylic acids is 1. The summed E-state index contributed by atoms with van der Waals surface area (Å²) in [7, 11) is 0. The lowest BCUT2D eigenvalue weighted by Gasteiger charge is -2.00. The lowest BCUT2D eigenvalue weighted by Crippen LogP contribution is -1.95. The van der Waals surface area contributed by atoms with Crippen molar-refractivity contribution in [2.75, 3.05) is 0 Å². The zero-order valence-electron chi connectivity index (χ0n) is 10.9. The Hall–Kier alpha value is -2.24. The van der Waals surface area contributed by atoms with Crippen molar-refractivity contribution < 1.29 is 14.3 Å². The Bertz CT molecular complexity index is 593. The molecule has 100 valence electrons. The Morgan fingerprint density at radius 1 is 1.32 bits per heavy atom. The van der Waals surface area contributed by atoms with E-state index in [2.05, 4.69) is 15.2 Å². The van der Waals surface area contributed by atoms with E-state index in [1.54, 1.807) is 0 Å². The second-order valence-electron chi connectivity index (χ2n) is 4.33. The van der Waals surface area contributed by atoms with Gasteiger partial charge in [-0.1, -0.05) is 0 Å². The monoisotopic (exact) mass is 261 g/mol. The lowest BCUT2D eigenvalue weighted by molar-refractivity contribution is -0.137. The fourth-order valence-electron chi connectivity index (χ4n) is 1.77. The molecule has 1 N–H and O–H groups in total. The van der Waals surface area contributed by atoms with Gasteiger partial charge in [0.25, 0.3) is 0 Å². The maximum Gasteiger partial charge on any atom is 0.303 e. The molecule has 2 aromatic heterocycles. The fourth-order valence-corrected chi connectivity index (χ4v) is 1.77. The smallest absolute Gasteiger partial charge is 0.303 e. The molecule has 0 aliphatic rings. The van der Waals surface area contributed by atoms with Crippen LogP contribution in [0.25, 0.3) is 11.5 Å². The number of carboxylic acid groups (broad SMARTS) is 1. The first-order valence-electron chi connectivity index (χ1n) is 6.05. The van der Waals surface area contributed by atoms with E-state index >= 15 is 0 Å². The van der Waals surface area contributed by atoms with Crippen molar-refractivity contribution >= 4 is 5.97 Å². The maximum atomic E-state index is 10.4. The Morgan fingerprint density at radius 3 is 2.79 bits per heavy atom. The summed E-state index contributed by atoms with van der Waals surface area (Å²) in [6, 6.07) is 3.78. The van der Waals surface area contributed by atoms with Crippen molar-refractivity contribution in [1.29, 1.82) is 0 Å². The van der Waals surface area contributed by atoms with E-state index in [9.17, 15) is 4.79 Å². The quantitative estimate of drug-likeness (QED) is 0.887. The summed E-state index contributed by atoms with van der Waals surface area (Å²) in [6.07, 6.45) is 1.06. The molecule has 2 aromatic rings. The largest absolute Gasteiger partial charge is 0.481 e. The van der Waals surface area contributed by atoms with Gasteiger partial charge in [-0.25, -0.2) is 0 Å². The van der Waals surface area contributed by atoms with Crippen molar-refractivity contribution in [3.05, 3.63) is 29.4 Å². The van der Waals surface area contributed by atoms with Gasteiger partial charge in [0, 0.05) is 18.5 Å². The molecule has 0 unspecified atom stereocenters. The average molecular weight is 261 g/mol. The molecule has 0 aliphatic carbocycles. The highest BCUT2D eigenvalue weighted by atomic mass is 16.4. The normalized spacial score (nSPS) is 10.6. The number of nitrogens with zero attached hydrogens (tertiary/aromatic N) is 3. The van der Waals surface area contributed by atoms with Crippen LogP contribution in [0.15, 0.2) is 16.5 Å². The van der Waals surface area contributed by atoms with Gasteiger partial charge in [-0.3, -0.25) is 9.78 Å². The van der Waals surface area contributed by atoms with Crippen LogP contribution < -0.4 is 0 Å². The third-order valence-electron chi connectivity index (χ3n) is 2.70. The second-order valence-corrected chi connectivity index (χ2v) is 4.33. The summed E-state index contributed by atoms with van der Waals surface area (Å²) in [5.74, 6) is 0.0601. The minimum atomic E-state index is -0.821. The van der Waals surface area contributed by atoms with E-state index < -0.39 is 5.97 Å². The van der Waals surface area contributed by atoms with Gasteiger partial charge >= 0.3 is 5.97 Å². The molecule has 0 spiro atoms. The van der Waals surface area contributed by atoms with Crippen LogP contribution in [0.2, 0.25) is 0 Å². The molecule has 0 amide bonds. The minimum Gasteiger partial charge on any atom is -0.481 e. The summed E-state index contributed by atoms with van der Waals surface area (Å²) in [6.45, 7) is 3.80. The number of aliphatic carboxylic acids is 1. The van der Waals surface area contributed by atoms with Gasteiger partial charge < -0.3 is 9.52 Å². The zero-order valence-corrected chi connectivity index (χ0v) is 10.9. The van der Waals surface area contributed by atoms with Crippen molar-refractivity contribution in [3.63, 3.8) is 0 Å². The molecule has 6 nitrogen and oxygen atoms in total. The topological polar surface area (TPSA) is 89.1 Å². The van der Waals surface area contributed by atoms with Crippen molar-refractivity contribution in [3.8, 4) is 11.5 Å². The van der Waals surface area contributed by atoms with Gasteiger partial charge in [0.15, 0.2) is 0 Å². The van der Waals surface area contributed by atoms with E-state index in [-0.39, 0.29) is 6.42 Å². The molecule has 0 fully saturated rings. The molecule has 2 rings (SSSR count). The molecule has 0 saturated carbocycles. The van der Waals surface area contributed by atoms with Gasteiger partial charge in [-0.15, -0.1) is 10.2 Å². The third-order valence-corrected chi connectivity index (χ3v) is 2.70. The second kappa shape index (κ2) is 5.60. The van der Waals surface area contributed by atoms with E-state index in [0.717, 1.165) is 17.0 Å². The molecule has 0 bridgehead atoms. The van der Waals surface area contributed by atoms with E-state index in [4.69, 9.17) is 9.52 Å². The highest BCUT2D eigenvalue weighted by Gasteiger charge is 2.12. The number of pyridine rings is 1. The lowest BCUT2D eigenvalue weighted by atomic mass is 10.2. The summed E-state index contributed by atoms with van der Waals surface area (Å²) in [5, 5.41) is 16.4. The Balaban J connectivity index is 2.10. The first-order chi connectivity index (χ1) is 9.06. The number of aromatic nitrogens is 3. The molecule has 19 heavy (non-hydrogen) atoms. The summed E-state index contributed by atoms with van der Waals surface area (Å²) >= 11 is 0. The molecule has 0 radical (unpaired) electrons. The van der Waals surface area contributed by atoms with Crippen LogP contribution >= 0.6 is 0 Å². The van der Waals surface area contributed by atoms with Crippen molar-refractivity contribution in [2.45, 2.75) is 33.1 Å². The molecule has 2 heterocycles. The van der Waals surface area contributed by atoms with E-state index in [1.807, 2.05) is 26.0 Å². The van der Waals surface area contributed by atoms with Crippen LogP contribution in [0.4, 0.5) is 0 Å². The Labute approximate surface area is 110 Å². The molecule has 0 aromatic carbocycles. The van der Waals surface area contributed by atoms with Gasteiger partial charge in [-0.05, 0) is 32.4 Å². The van der Waals surface area contributed by atoms with Crippen LogP contribution in [-0.2, 0) is 11.2 Å².